The number of nitrogens with one attached hydrogen (secondary N) is 1. The number of rotatable bonds is 2. The highest BCUT2D eigenvalue weighted by atomic mass is 16.2. The van der Waals surface area contributed by atoms with Gasteiger partial charge in [-0.05, 0) is 25.7 Å². The molecule has 1 N–H and O–H groups in total. The summed E-state index contributed by atoms with van der Waals surface area (Å²) in [6.07, 6.45) is 7.89. The monoisotopic (exact) mass is 211 g/mol. The Morgan fingerprint density at radius 3 is 2.33 bits per heavy atom. The van der Waals surface area contributed by atoms with Crippen molar-refractivity contribution in [2.24, 2.45) is 0 Å². The fraction of sp³-hybridized carbons (Fsp3) is 0.909. The molecule has 15 heavy (non-hydrogen) atoms. The van der Waals surface area contributed by atoms with E-state index in [-0.39, 0.29) is 5.91 Å². The number of hydrogen-bond acceptors (Lipinski definition) is 3. The molecule has 0 unspecified atom stereocenters. The van der Waals surface area contributed by atoms with Gasteiger partial charge in [-0.2, -0.15) is 5.53 Å². The number of carbonyl (C=O) groups excluding carboxylic acids is 1. The van der Waals surface area contributed by atoms with Crippen LogP contribution in [0.25, 0.3) is 0 Å². The molecule has 0 aromatic carbocycles. The molecule has 4 heteroatoms. The highest BCUT2D eigenvalue weighted by Crippen LogP contribution is 2.11. The molecule has 0 atom stereocenters. The molecule has 0 spiro atoms. The van der Waals surface area contributed by atoms with Crippen molar-refractivity contribution in [2.45, 2.75) is 44.9 Å². The van der Waals surface area contributed by atoms with Gasteiger partial charge in [-0.3, -0.25) is 9.80 Å². The fourth-order valence-electron chi connectivity index (χ4n) is 2.25. The number of hydrazine groups is 2. The van der Waals surface area contributed by atoms with Gasteiger partial charge in [0.15, 0.2) is 0 Å². The zero-order valence-corrected chi connectivity index (χ0v) is 9.37. The number of piperidine rings is 1. The SMILES string of the molecule is O=C1CCCCCN1NN1CCCCC1. The Labute approximate surface area is 91.5 Å². The number of hydrogen-bond donors (Lipinski definition) is 1. The average Bonchev–Trinajstić information content (AvgIpc) is 2.46. The van der Waals surface area contributed by atoms with Crippen molar-refractivity contribution in [1.29, 1.82) is 0 Å². The van der Waals surface area contributed by atoms with Crippen LogP contribution < -0.4 is 5.53 Å². The van der Waals surface area contributed by atoms with Gasteiger partial charge in [-0.1, -0.05) is 12.8 Å². The van der Waals surface area contributed by atoms with Gasteiger partial charge in [-0.25, -0.2) is 5.01 Å². The second-order valence-corrected chi connectivity index (χ2v) is 4.50. The Bertz CT molecular complexity index is 214. The Morgan fingerprint density at radius 2 is 1.53 bits per heavy atom. The van der Waals surface area contributed by atoms with Crippen LogP contribution in [-0.4, -0.2) is 35.6 Å². The summed E-state index contributed by atoms with van der Waals surface area (Å²) in [5.41, 5.74) is 3.26. The van der Waals surface area contributed by atoms with E-state index in [0.717, 1.165) is 32.5 Å². The Balaban J connectivity index is 1.82. The van der Waals surface area contributed by atoms with E-state index in [1.54, 1.807) is 0 Å². The molecule has 0 aromatic rings. The van der Waals surface area contributed by atoms with Crippen molar-refractivity contribution in [3.63, 3.8) is 0 Å². The van der Waals surface area contributed by atoms with Crippen molar-refractivity contribution in [1.82, 2.24) is 15.6 Å². The molecule has 2 fully saturated rings. The Morgan fingerprint density at radius 1 is 0.867 bits per heavy atom. The van der Waals surface area contributed by atoms with Crippen molar-refractivity contribution >= 4 is 5.91 Å². The van der Waals surface area contributed by atoms with Crippen LogP contribution in [0.1, 0.15) is 44.9 Å². The molecular weight excluding hydrogens is 190 g/mol. The molecule has 0 aliphatic carbocycles. The summed E-state index contributed by atoms with van der Waals surface area (Å²) in [7, 11) is 0. The molecule has 1 amide bonds. The first kappa shape index (κ1) is 10.9. The molecule has 2 heterocycles. The van der Waals surface area contributed by atoms with Crippen molar-refractivity contribution < 1.29 is 4.79 Å². The third kappa shape index (κ3) is 3.18. The molecule has 0 bridgehead atoms. The van der Waals surface area contributed by atoms with E-state index in [9.17, 15) is 4.79 Å². The Kier molecular flexibility index (Phi) is 3.97. The minimum atomic E-state index is 0.262. The number of carbonyl (C=O) groups is 1. The number of amides is 1. The summed E-state index contributed by atoms with van der Waals surface area (Å²) in [5.74, 6) is 0.262. The summed E-state index contributed by atoms with van der Waals surface area (Å²) >= 11 is 0. The first-order valence-corrected chi connectivity index (χ1v) is 6.18. The van der Waals surface area contributed by atoms with E-state index in [1.807, 2.05) is 5.01 Å². The lowest BCUT2D eigenvalue weighted by atomic mass is 10.2. The Hall–Kier alpha value is -0.610. The van der Waals surface area contributed by atoms with Gasteiger partial charge in [0.05, 0.1) is 0 Å². The lowest BCUT2D eigenvalue weighted by Crippen LogP contribution is -2.53. The summed E-state index contributed by atoms with van der Waals surface area (Å²) in [4.78, 5) is 11.7. The highest BCUT2D eigenvalue weighted by molar-refractivity contribution is 5.75. The first-order valence-electron chi connectivity index (χ1n) is 6.18. The lowest BCUT2D eigenvalue weighted by molar-refractivity contribution is -0.140. The minimum Gasteiger partial charge on any atom is -0.273 e. The van der Waals surface area contributed by atoms with Crippen molar-refractivity contribution in [2.75, 3.05) is 19.6 Å². The zero-order chi connectivity index (χ0) is 10.5. The van der Waals surface area contributed by atoms with E-state index in [0.29, 0.717) is 6.42 Å². The van der Waals surface area contributed by atoms with Crippen LogP contribution >= 0.6 is 0 Å². The minimum absolute atomic E-state index is 0.262. The first-order chi connectivity index (χ1) is 7.36. The van der Waals surface area contributed by atoms with Gasteiger partial charge >= 0.3 is 0 Å². The van der Waals surface area contributed by atoms with Crippen LogP contribution in [-0.2, 0) is 4.79 Å². The molecule has 0 radical (unpaired) electrons. The van der Waals surface area contributed by atoms with Gasteiger partial charge in [0.25, 0.3) is 0 Å². The van der Waals surface area contributed by atoms with Crippen LogP contribution in [0.5, 0.6) is 0 Å². The molecule has 0 saturated carbocycles. The number of nitrogens with zero attached hydrogens (tertiary/aromatic N) is 2. The van der Waals surface area contributed by atoms with Gasteiger partial charge in [0.2, 0.25) is 5.91 Å². The summed E-state index contributed by atoms with van der Waals surface area (Å²) in [5, 5.41) is 4.00. The summed E-state index contributed by atoms with van der Waals surface area (Å²) < 4.78 is 0. The molecular formula is C11H21N3O. The van der Waals surface area contributed by atoms with Crippen LogP contribution in [0.15, 0.2) is 0 Å². The van der Waals surface area contributed by atoms with Crippen LogP contribution in [0, 0.1) is 0 Å². The topological polar surface area (TPSA) is 35.6 Å². The van der Waals surface area contributed by atoms with Gasteiger partial charge in [0, 0.05) is 26.1 Å². The van der Waals surface area contributed by atoms with Crippen molar-refractivity contribution in [3.8, 4) is 0 Å². The zero-order valence-electron chi connectivity index (χ0n) is 9.37. The summed E-state index contributed by atoms with van der Waals surface area (Å²) in [6.45, 7) is 3.02. The predicted octanol–water partition coefficient (Wildman–Crippen LogP) is 1.29. The van der Waals surface area contributed by atoms with E-state index in [2.05, 4.69) is 10.5 Å². The van der Waals surface area contributed by atoms with Crippen LogP contribution in [0.3, 0.4) is 0 Å². The fourth-order valence-corrected chi connectivity index (χ4v) is 2.25. The predicted molar refractivity (Wildman–Crippen MR) is 58.7 cm³/mol. The molecule has 0 aromatic heterocycles. The van der Waals surface area contributed by atoms with Gasteiger partial charge in [-0.15, -0.1) is 0 Å². The van der Waals surface area contributed by atoms with Gasteiger partial charge < -0.3 is 0 Å². The van der Waals surface area contributed by atoms with Gasteiger partial charge in [0.1, 0.15) is 0 Å². The van der Waals surface area contributed by atoms with E-state index >= 15 is 0 Å². The molecule has 86 valence electrons. The normalized spacial score (nSPS) is 25.3. The third-order valence-corrected chi connectivity index (χ3v) is 3.19. The maximum atomic E-state index is 11.7. The largest absolute Gasteiger partial charge is 0.273 e. The van der Waals surface area contributed by atoms with E-state index in [1.165, 1.54) is 25.7 Å². The molecule has 4 nitrogen and oxygen atoms in total. The van der Waals surface area contributed by atoms with Crippen LogP contribution in [0.4, 0.5) is 0 Å². The quantitative estimate of drug-likeness (QED) is 0.747. The molecule has 2 saturated heterocycles. The standard InChI is InChI=1S/C11H21N3O/c15-11-7-3-1-6-10-14(11)12-13-8-4-2-5-9-13/h12H,1-10H2. The smallest absolute Gasteiger partial charge is 0.237 e. The second kappa shape index (κ2) is 5.47. The molecule has 2 rings (SSSR count). The van der Waals surface area contributed by atoms with Crippen molar-refractivity contribution in [3.05, 3.63) is 0 Å². The van der Waals surface area contributed by atoms with Crippen LogP contribution in [0.2, 0.25) is 0 Å². The average molecular weight is 211 g/mol. The maximum Gasteiger partial charge on any atom is 0.237 e. The highest BCUT2D eigenvalue weighted by Gasteiger charge is 2.19. The van der Waals surface area contributed by atoms with E-state index in [4.69, 9.17) is 0 Å². The van der Waals surface area contributed by atoms with E-state index < -0.39 is 0 Å². The second-order valence-electron chi connectivity index (χ2n) is 4.50. The third-order valence-electron chi connectivity index (χ3n) is 3.19. The molecule has 2 aliphatic rings. The maximum absolute atomic E-state index is 11.7. The summed E-state index contributed by atoms with van der Waals surface area (Å²) in [6, 6.07) is 0. The lowest BCUT2D eigenvalue weighted by Gasteiger charge is -2.33. The molecule has 2 aliphatic heterocycles.